The summed E-state index contributed by atoms with van der Waals surface area (Å²) < 4.78 is 10.3. The van der Waals surface area contributed by atoms with Crippen molar-refractivity contribution in [2.45, 2.75) is 6.42 Å². The number of hydrogen-bond donors (Lipinski definition) is 1. The van der Waals surface area contributed by atoms with Gasteiger partial charge in [0.2, 0.25) is 17.6 Å². The van der Waals surface area contributed by atoms with E-state index in [9.17, 15) is 0 Å². The highest BCUT2D eigenvalue weighted by Crippen LogP contribution is 2.18. The standard InChI is InChI=1S/C14H13N5O2/c1-20-12-7-11(16-8-17-12)14-18-13(21-19-14)6-9-3-2-4-10(15)5-9/h2-5,7-8H,6,15H2,1H3. The SMILES string of the molecule is COc1cc(-c2noc(Cc3cccc(N)c3)n2)ncn1. The van der Waals surface area contributed by atoms with Gasteiger partial charge in [-0.05, 0) is 17.7 Å². The van der Waals surface area contributed by atoms with Crippen LogP contribution in [-0.2, 0) is 6.42 Å². The summed E-state index contributed by atoms with van der Waals surface area (Å²) in [6.07, 6.45) is 1.91. The second-order valence-electron chi connectivity index (χ2n) is 4.38. The van der Waals surface area contributed by atoms with Crippen molar-refractivity contribution in [3.8, 4) is 17.4 Å². The maximum absolute atomic E-state index is 5.74. The molecule has 0 saturated heterocycles. The van der Waals surface area contributed by atoms with Crippen LogP contribution in [0.2, 0.25) is 0 Å². The van der Waals surface area contributed by atoms with Gasteiger partial charge in [0.05, 0.1) is 13.5 Å². The number of rotatable bonds is 4. The number of methoxy groups -OCH3 is 1. The van der Waals surface area contributed by atoms with Crippen LogP contribution in [0.4, 0.5) is 5.69 Å². The summed E-state index contributed by atoms with van der Waals surface area (Å²) in [7, 11) is 1.54. The van der Waals surface area contributed by atoms with Gasteiger partial charge in [-0.25, -0.2) is 9.97 Å². The van der Waals surface area contributed by atoms with Gasteiger partial charge in [0.25, 0.3) is 0 Å². The predicted octanol–water partition coefficient (Wildman–Crippen LogP) is 1.71. The molecule has 0 radical (unpaired) electrons. The number of nitrogen functional groups attached to an aromatic ring is 1. The Morgan fingerprint density at radius 3 is 2.95 bits per heavy atom. The fourth-order valence-corrected chi connectivity index (χ4v) is 1.88. The van der Waals surface area contributed by atoms with Gasteiger partial charge in [0, 0.05) is 11.8 Å². The number of nitrogens with zero attached hydrogens (tertiary/aromatic N) is 4. The predicted molar refractivity (Wildman–Crippen MR) is 75.5 cm³/mol. The first kappa shape index (κ1) is 13.0. The van der Waals surface area contributed by atoms with Crippen molar-refractivity contribution in [1.29, 1.82) is 0 Å². The quantitative estimate of drug-likeness (QED) is 0.727. The average Bonchev–Trinajstić information content (AvgIpc) is 2.96. The third-order valence-corrected chi connectivity index (χ3v) is 2.85. The maximum Gasteiger partial charge on any atom is 0.231 e. The molecule has 2 aromatic heterocycles. The molecule has 0 aliphatic rings. The van der Waals surface area contributed by atoms with Crippen molar-refractivity contribution in [1.82, 2.24) is 20.1 Å². The largest absolute Gasteiger partial charge is 0.481 e. The van der Waals surface area contributed by atoms with E-state index in [0.717, 1.165) is 5.56 Å². The molecule has 0 fully saturated rings. The molecular weight excluding hydrogens is 270 g/mol. The summed E-state index contributed by atoms with van der Waals surface area (Å²) in [4.78, 5) is 12.3. The number of benzene rings is 1. The van der Waals surface area contributed by atoms with E-state index < -0.39 is 0 Å². The van der Waals surface area contributed by atoms with E-state index in [1.807, 2.05) is 24.3 Å². The summed E-state index contributed by atoms with van der Waals surface area (Å²) in [5.74, 6) is 1.34. The van der Waals surface area contributed by atoms with Crippen LogP contribution in [0.3, 0.4) is 0 Å². The molecule has 0 aliphatic heterocycles. The second-order valence-corrected chi connectivity index (χ2v) is 4.38. The van der Waals surface area contributed by atoms with Crippen LogP contribution in [0.25, 0.3) is 11.5 Å². The van der Waals surface area contributed by atoms with Gasteiger partial charge in [-0.2, -0.15) is 4.98 Å². The van der Waals surface area contributed by atoms with Gasteiger partial charge in [-0.15, -0.1) is 0 Å². The van der Waals surface area contributed by atoms with Crippen molar-refractivity contribution in [3.05, 3.63) is 48.1 Å². The maximum atomic E-state index is 5.74. The summed E-state index contributed by atoms with van der Waals surface area (Å²) in [6, 6.07) is 9.19. The topological polar surface area (TPSA) is 100.0 Å². The Morgan fingerprint density at radius 2 is 2.14 bits per heavy atom. The normalized spacial score (nSPS) is 10.5. The lowest BCUT2D eigenvalue weighted by Gasteiger charge is -1.98. The molecule has 3 aromatic rings. The van der Waals surface area contributed by atoms with E-state index in [0.29, 0.717) is 35.4 Å². The van der Waals surface area contributed by atoms with Crippen LogP contribution in [0.1, 0.15) is 11.5 Å². The monoisotopic (exact) mass is 283 g/mol. The number of hydrogen-bond acceptors (Lipinski definition) is 7. The van der Waals surface area contributed by atoms with Gasteiger partial charge >= 0.3 is 0 Å². The Kier molecular flexibility index (Phi) is 3.46. The molecule has 0 amide bonds. The lowest BCUT2D eigenvalue weighted by Crippen LogP contribution is -1.93. The molecule has 2 N–H and O–H groups in total. The number of anilines is 1. The molecule has 2 heterocycles. The lowest BCUT2D eigenvalue weighted by atomic mass is 10.1. The first-order valence-corrected chi connectivity index (χ1v) is 6.28. The minimum absolute atomic E-state index is 0.398. The number of nitrogens with two attached hydrogens (primary N) is 1. The minimum atomic E-state index is 0.398. The molecule has 3 rings (SSSR count). The Morgan fingerprint density at radius 1 is 1.24 bits per heavy atom. The Hall–Kier alpha value is -2.96. The highest BCUT2D eigenvalue weighted by molar-refractivity contribution is 5.49. The molecule has 7 heteroatoms. The Balaban J connectivity index is 1.82. The van der Waals surface area contributed by atoms with Crippen LogP contribution in [0.15, 0.2) is 41.2 Å². The Bertz CT molecular complexity index is 756. The van der Waals surface area contributed by atoms with E-state index in [-0.39, 0.29) is 0 Å². The van der Waals surface area contributed by atoms with E-state index >= 15 is 0 Å². The lowest BCUT2D eigenvalue weighted by molar-refractivity contribution is 0.385. The number of aromatic nitrogens is 4. The third kappa shape index (κ3) is 2.97. The van der Waals surface area contributed by atoms with Gasteiger partial charge in [0.15, 0.2) is 0 Å². The smallest absolute Gasteiger partial charge is 0.231 e. The first-order chi connectivity index (χ1) is 10.2. The molecule has 0 unspecified atom stereocenters. The van der Waals surface area contributed by atoms with Crippen molar-refractivity contribution >= 4 is 5.69 Å². The van der Waals surface area contributed by atoms with Crippen LogP contribution < -0.4 is 10.5 Å². The van der Waals surface area contributed by atoms with Crippen LogP contribution in [-0.4, -0.2) is 27.2 Å². The van der Waals surface area contributed by atoms with Crippen LogP contribution in [0.5, 0.6) is 5.88 Å². The summed E-state index contributed by atoms with van der Waals surface area (Å²) in [6.45, 7) is 0. The molecule has 0 atom stereocenters. The van der Waals surface area contributed by atoms with Gasteiger partial charge in [-0.3, -0.25) is 0 Å². The highest BCUT2D eigenvalue weighted by Gasteiger charge is 2.11. The van der Waals surface area contributed by atoms with E-state index in [2.05, 4.69) is 20.1 Å². The van der Waals surface area contributed by atoms with Crippen molar-refractivity contribution in [2.24, 2.45) is 0 Å². The molecule has 7 nitrogen and oxygen atoms in total. The number of ether oxygens (including phenoxy) is 1. The summed E-state index contributed by atoms with van der Waals surface area (Å²) in [5, 5.41) is 3.92. The second kappa shape index (κ2) is 5.58. The van der Waals surface area contributed by atoms with E-state index in [1.54, 1.807) is 6.07 Å². The fraction of sp³-hybridized carbons (Fsp3) is 0.143. The molecule has 106 valence electrons. The van der Waals surface area contributed by atoms with Crippen molar-refractivity contribution < 1.29 is 9.26 Å². The molecule has 0 bridgehead atoms. The van der Waals surface area contributed by atoms with Crippen LogP contribution in [0, 0.1) is 0 Å². The molecular formula is C14H13N5O2. The zero-order valence-corrected chi connectivity index (χ0v) is 11.4. The first-order valence-electron chi connectivity index (χ1n) is 6.28. The summed E-state index contributed by atoms with van der Waals surface area (Å²) in [5.41, 5.74) is 8.00. The van der Waals surface area contributed by atoms with Gasteiger partial charge < -0.3 is 15.0 Å². The Labute approximate surface area is 120 Å². The minimum Gasteiger partial charge on any atom is -0.481 e. The highest BCUT2D eigenvalue weighted by atomic mass is 16.5. The zero-order chi connectivity index (χ0) is 14.7. The van der Waals surface area contributed by atoms with E-state index in [4.69, 9.17) is 15.0 Å². The average molecular weight is 283 g/mol. The molecule has 0 saturated carbocycles. The fourth-order valence-electron chi connectivity index (χ4n) is 1.88. The molecule has 0 aliphatic carbocycles. The van der Waals surface area contributed by atoms with E-state index in [1.165, 1.54) is 13.4 Å². The van der Waals surface area contributed by atoms with Crippen LogP contribution >= 0.6 is 0 Å². The third-order valence-electron chi connectivity index (χ3n) is 2.85. The van der Waals surface area contributed by atoms with Gasteiger partial charge in [0.1, 0.15) is 12.0 Å². The molecule has 1 aromatic carbocycles. The zero-order valence-electron chi connectivity index (χ0n) is 11.4. The molecule has 0 spiro atoms. The molecule has 21 heavy (non-hydrogen) atoms. The summed E-state index contributed by atoms with van der Waals surface area (Å²) >= 11 is 0. The van der Waals surface area contributed by atoms with Crippen molar-refractivity contribution in [2.75, 3.05) is 12.8 Å². The van der Waals surface area contributed by atoms with Gasteiger partial charge in [-0.1, -0.05) is 17.3 Å². The van der Waals surface area contributed by atoms with Crippen molar-refractivity contribution in [3.63, 3.8) is 0 Å².